The van der Waals surface area contributed by atoms with Crippen LogP contribution in [-0.4, -0.2) is 11.5 Å². The fraction of sp³-hybridized carbons (Fsp3) is 0.200. The Bertz CT molecular complexity index is 599. The highest BCUT2D eigenvalue weighted by atomic mass is 16.6. The zero-order chi connectivity index (χ0) is 14.5. The van der Waals surface area contributed by atoms with Gasteiger partial charge in [0.15, 0.2) is 0 Å². The second-order valence-electron chi connectivity index (χ2n) is 4.76. The summed E-state index contributed by atoms with van der Waals surface area (Å²) in [6.45, 7) is 2.79. The molecule has 1 atom stereocenters. The predicted molar refractivity (Wildman–Crippen MR) is 80.9 cm³/mol. The van der Waals surface area contributed by atoms with E-state index in [2.05, 4.69) is 24.4 Å². The van der Waals surface area contributed by atoms with E-state index < -0.39 is 4.92 Å². The first-order valence-electron chi connectivity index (χ1n) is 6.40. The van der Waals surface area contributed by atoms with Crippen molar-refractivity contribution < 1.29 is 4.92 Å². The van der Waals surface area contributed by atoms with Crippen molar-refractivity contribution in [2.24, 2.45) is 0 Å². The normalized spacial score (nSPS) is 11.8. The van der Waals surface area contributed by atoms with Gasteiger partial charge in [-0.25, -0.2) is 0 Å². The van der Waals surface area contributed by atoms with E-state index in [0.29, 0.717) is 23.8 Å². The lowest BCUT2D eigenvalue weighted by Crippen LogP contribution is -2.10. The van der Waals surface area contributed by atoms with Gasteiger partial charge in [0.1, 0.15) is 0 Å². The van der Waals surface area contributed by atoms with Crippen LogP contribution in [-0.2, 0) is 0 Å². The lowest BCUT2D eigenvalue weighted by Gasteiger charge is -2.14. The molecule has 104 valence electrons. The van der Waals surface area contributed by atoms with Crippen molar-refractivity contribution in [1.29, 1.82) is 0 Å². The molecule has 3 N–H and O–H groups in total. The van der Waals surface area contributed by atoms with E-state index in [1.54, 1.807) is 6.07 Å². The van der Waals surface area contributed by atoms with Crippen molar-refractivity contribution >= 4 is 17.1 Å². The summed E-state index contributed by atoms with van der Waals surface area (Å²) in [5.41, 5.74) is 7.94. The van der Waals surface area contributed by atoms with E-state index in [1.807, 2.05) is 18.2 Å². The molecule has 1 unspecified atom stereocenters. The minimum absolute atomic E-state index is 0.000126. The van der Waals surface area contributed by atoms with Crippen molar-refractivity contribution in [3.05, 3.63) is 64.2 Å². The van der Waals surface area contributed by atoms with Crippen LogP contribution in [0.1, 0.15) is 18.4 Å². The number of nitrogens with one attached hydrogen (secondary N) is 1. The highest BCUT2D eigenvalue weighted by Gasteiger charge is 2.10. The van der Waals surface area contributed by atoms with E-state index in [1.165, 1.54) is 17.7 Å². The SMILES string of the molecule is CC(CNc1cc(N)cc([N+](=O)[O-])c1)c1ccccc1. The number of nitro groups is 1. The lowest BCUT2D eigenvalue weighted by molar-refractivity contribution is -0.384. The molecular formula is C15H17N3O2. The molecule has 0 heterocycles. The molecule has 2 aromatic rings. The topological polar surface area (TPSA) is 81.2 Å². The number of hydrogen-bond donors (Lipinski definition) is 2. The van der Waals surface area contributed by atoms with Gasteiger partial charge in [-0.1, -0.05) is 37.3 Å². The summed E-state index contributed by atoms with van der Waals surface area (Å²) in [4.78, 5) is 10.3. The van der Waals surface area contributed by atoms with Gasteiger partial charge in [0.25, 0.3) is 5.69 Å². The molecule has 2 rings (SSSR count). The monoisotopic (exact) mass is 271 g/mol. The number of hydrogen-bond acceptors (Lipinski definition) is 4. The Morgan fingerprint density at radius 2 is 1.95 bits per heavy atom. The van der Waals surface area contributed by atoms with Gasteiger partial charge in [0.2, 0.25) is 0 Å². The van der Waals surface area contributed by atoms with Gasteiger partial charge in [-0.05, 0) is 17.5 Å². The summed E-state index contributed by atoms with van der Waals surface area (Å²) < 4.78 is 0. The Labute approximate surface area is 117 Å². The molecule has 0 aliphatic carbocycles. The van der Waals surface area contributed by atoms with E-state index in [0.717, 1.165) is 0 Å². The molecule has 0 fully saturated rings. The standard InChI is InChI=1S/C15H17N3O2/c1-11(12-5-3-2-4-6-12)10-17-14-7-13(16)8-15(9-14)18(19)20/h2-9,11,17H,10,16H2,1H3. The zero-order valence-electron chi connectivity index (χ0n) is 11.2. The third-order valence-electron chi connectivity index (χ3n) is 3.13. The Kier molecular flexibility index (Phi) is 4.20. The van der Waals surface area contributed by atoms with Crippen LogP contribution in [0.4, 0.5) is 17.1 Å². The molecule has 0 aliphatic rings. The Hall–Kier alpha value is -2.56. The molecule has 2 aromatic carbocycles. The van der Waals surface area contributed by atoms with Crippen LogP contribution in [0.5, 0.6) is 0 Å². The molecule has 0 aromatic heterocycles. The second kappa shape index (κ2) is 6.06. The van der Waals surface area contributed by atoms with Crippen LogP contribution < -0.4 is 11.1 Å². The van der Waals surface area contributed by atoms with Crippen LogP contribution in [0.2, 0.25) is 0 Å². The van der Waals surface area contributed by atoms with Crippen LogP contribution in [0.15, 0.2) is 48.5 Å². The van der Waals surface area contributed by atoms with Crippen molar-refractivity contribution in [2.45, 2.75) is 12.8 Å². The molecule has 0 bridgehead atoms. The third-order valence-corrected chi connectivity index (χ3v) is 3.13. The molecule has 0 spiro atoms. The van der Waals surface area contributed by atoms with Crippen LogP contribution in [0, 0.1) is 10.1 Å². The fourth-order valence-corrected chi connectivity index (χ4v) is 2.01. The Morgan fingerprint density at radius 1 is 1.25 bits per heavy atom. The summed E-state index contributed by atoms with van der Waals surface area (Å²) in [7, 11) is 0. The van der Waals surface area contributed by atoms with Crippen LogP contribution in [0.3, 0.4) is 0 Å². The summed E-state index contributed by atoms with van der Waals surface area (Å²) in [6, 6.07) is 14.6. The maximum Gasteiger partial charge on any atom is 0.273 e. The molecule has 0 saturated heterocycles. The van der Waals surface area contributed by atoms with Gasteiger partial charge in [-0.2, -0.15) is 0 Å². The van der Waals surface area contributed by atoms with Crippen molar-refractivity contribution in [3.63, 3.8) is 0 Å². The average Bonchev–Trinajstić information content (AvgIpc) is 2.45. The second-order valence-corrected chi connectivity index (χ2v) is 4.76. The van der Waals surface area contributed by atoms with Crippen molar-refractivity contribution in [2.75, 3.05) is 17.6 Å². The molecule has 0 radical (unpaired) electrons. The van der Waals surface area contributed by atoms with Gasteiger partial charge < -0.3 is 11.1 Å². The van der Waals surface area contributed by atoms with Crippen LogP contribution >= 0.6 is 0 Å². The van der Waals surface area contributed by atoms with Gasteiger partial charge in [0, 0.05) is 30.1 Å². The number of anilines is 2. The lowest BCUT2D eigenvalue weighted by atomic mass is 10.0. The highest BCUT2D eigenvalue weighted by molar-refractivity contribution is 5.61. The fourth-order valence-electron chi connectivity index (χ4n) is 2.01. The summed E-state index contributed by atoms with van der Waals surface area (Å²) in [5, 5.41) is 14.0. The number of nitro benzene ring substituents is 1. The molecule has 20 heavy (non-hydrogen) atoms. The number of nitrogens with zero attached hydrogens (tertiary/aromatic N) is 1. The van der Waals surface area contributed by atoms with Crippen molar-refractivity contribution in [1.82, 2.24) is 0 Å². The van der Waals surface area contributed by atoms with E-state index in [-0.39, 0.29) is 5.69 Å². The molecule has 5 nitrogen and oxygen atoms in total. The largest absolute Gasteiger partial charge is 0.398 e. The number of nitrogens with two attached hydrogens (primary N) is 1. The number of non-ortho nitro benzene ring substituents is 1. The number of rotatable bonds is 5. The predicted octanol–water partition coefficient (Wildman–Crippen LogP) is 3.39. The number of benzene rings is 2. The van der Waals surface area contributed by atoms with Gasteiger partial charge in [-0.3, -0.25) is 10.1 Å². The summed E-state index contributed by atoms with van der Waals surface area (Å²) >= 11 is 0. The first-order chi connectivity index (χ1) is 9.56. The molecular weight excluding hydrogens is 254 g/mol. The van der Waals surface area contributed by atoms with Gasteiger partial charge in [0.05, 0.1) is 4.92 Å². The minimum Gasteiger partial charge on any atom is -0.398 e. The molecule has 5 heteroatoms. The van der Waals surface area contributed by atoms with E-state index in [9.17, 15) is 10.1 Å². The average molecular weight is 271 g/mol. The quantitative estimate of drug-likeness (QED) is 0.496. The Balaban J connectivity index is 2.06. The molecule has 0 aliphatic heterocycles. The van der Waals surface area contributed by atoms with E-state index >= 15 is 0 Å². The maximum absolute atomic E-state index is 10.8. The maximum atomic E-state index is 10.8. The van der Waals surface area contributed by atoms with E-state index in [4.69, 9.17) is 5.73 Å². The minimum atomic E-state index is -0.442. The molecule has 0 saturated carbocycles. The van der Waals surface area contributed by atoms with Gasteiger partial charge >= 0.3 is 0 Å². The number of nitrogen functional groups attached to an aromatic ring is 1. The van der Waals surface area contributed by atoms with Gasteiger partial charge in [-0.15, -0.1) is 0 Å². The summed E-state index contributed by atoms with van der Waals surface area (Å²) in [5.74, 6) is 0.302. The first-order valence-corrected chi connectivity index (χ1v) is 6.40. The first kappa shape index (κ1) is 13.9. The smallest absolute Gasteiger partial charge is 0.273 e. The Morgan fingerprint density at radius 3 is 2.60 bits per heavy atom. The summed E-state index contributed by atoms with van der Waals surface area (Å²) in [6.07, 6.45) is 0. The highest BCUT2D eigenvalue weighted by Crippen LogP contribution is 2.23. The van der Waals surface area contributed by atoms with Crippen molar-refractivity contribution in [3.8, 4) is 0 Å². The third kappa shape index (κ3) is 3.47. The zero-order valence-corrected chi connectivity index (χ0v) is 11.2. The van der Waals surface area contributed by atoms with Crippen LogP contribution in [0.25, 0.3) is 0 Å². The molecule has 0 amide bonds.